The fraction of sp³-hybridized carbons (Fsp3) is 0.933. The van der Waals surface area contributed by atoms with E-state index >= 15 is 0 Å². The predicted octanol–water partition coefficient (Wildman–Crippen LogP) is 1.99. The number of aliphatic hydroxyl groups excluding tert-OH is 7. The van der Waals surface area contributed by atoms with Crippen LogP contribution in [0.25, 0.3) is 0 Å². The van der Waals surface area contributed by atoms with E-state index in [0.29, 0.717) is 37.5 Å². The average Bonchev–Trinajstić information content (AvgIpc) is 3.79. The molecule has 4 aliphatic heterocycles. The number of ether oxygens (including phenoxy) is 7. The number of fused-ring (bicyclic) bond motifs is 3. The predicted molar refractivity (Wildman–Crippen MR) is 221 cm³/mol. The Labute approximate surface area is 361 Å². The van der Waals surface area contributed by atoms with Gasteiger partial charge >= 0.3 is 0 Å². The molecule has 8 N–H and O–H groups in total. The van der Waals surface area contributed by atoms with Crippen LogP contribution in [0.4, 0.5) is 0 Å². The molecule has 4 saturated heterocycles. The van der Waals surface area contributed by atoms with Crippen molar-refractivity contribution < 1.29 is 73.7 Å². The number of carbonyl (C=O) groups is 1. The third-order valence-corrected chi connectivity index (χ3v) is 16.0. The summed E-state index contributed by atoms with van der Waals surface area (Å²) in [6.07, 6.45) is -4.93. The van der Waals surface area contributed by atoms with Crippen LogP contribution in [0.3, 0.4) is 0 Å². The van der Waals surface area contributed by atoms with Crippen molar-refractivity contribution in [1.29, 1.82) is 0 Å². The lowest BCUT2D eigenvalue weighted by molar-refractivity contribution is -0.341. The van der Waals surface area contributed by atoms with Gasteiger partial charge in [0, 0.05) is 14.0 Å². The van der Waals surface area contributed by atoms with Gasteiger partial charge in [-0.05, 0) is 121 Å². The van der Waals surface area contributed by atoms with Gasteiger partial charge in [0.15, 0.2) is 12.6 Å². The summed E-state index contributed by atoms with van der Waals surface area (Å²) in [5.74, 6) is 0.301. The van der Waals surface area contributed by atoms with Crippen molar-refractivity contribution in [2.75, 3.05) is 20.3 Å². The molecule has 6 fully saturated rings. The largest absolute Gasteiger partial charge is 0.394 e. The van der Waals surface area contributed by atoms with E-state index in [1.807, 2.05) is 34.6 Å². The van der Waals surface area contributed by atoms with Crippen molar-refractivity contribution >= 4 is 5.91 Å². The van der Waals surface area contributed by atoms with Crippen molar-refractivity contribution in [1.82, 2.24) is 5.32 Å². The number of aliphatic hydroxyl groups is 7. The molecule has 19 unspecified atom stereocenters. The molecule has 0 radical (unpaired) electrons. The fourth-order valence-electron chi connectivity index (χ4n) is 12.1. The second-order valence-electron chi connectivity index (χ2n) is 20.9. The van der Waals surface area contributed by atoms with Crippen molar-refractivity contribution in [3.63, 3.8) is 0 Å². The van der Waals surface area contributed by atoms with Gasteiger partial charge in [0.1, 0.15) is 48.8 Å². The molecule has 0 bridgehead atoms. The number of carbonyl (C=O) groups excluding carboxylic acids is 1. The van der Waals surface area contributed by atoms with Crippen molar-refractivity contribution in [2.45, 2.75) is 222 Å². The number of allylic oxidation sites excluding steroid dienone is 1. The highest BCUT2D eigenvalue weighted by atomic mass is 16.7. The monoisotopic (exact) mass is 872 g/mol. The maximum absolute atomic E-state index is 12.0. The first kappa shape index (κ1) is 49.1. The second-order valence-corrected chi connectivity index (χ2v) is 20.9. The van der Waals surface area contributed by atoms with Gasteiger partial charge in [-0.15, -0.1) is 0 Å². The quantitative estimate of drug-likeness (QED) is 0.110. The second kappa shape index (κ2) is 18.5. The van der Waals surface area contributed by atoms with Gasteiger partial charge in [-0.3, -0.25) is 4.79 Å². The molecule has 1 amide bonds. The smallest absolute Gasteiger partial charge is 0.217 e. The molecule has 0 aromatic rings. The minimum Gasteiger partial charge on any atom is -0.394 e. The summed E-state index contributed by atoms with van der Waals surface area (Å²) in [7, 11) is 1.47. The Bertz CT molecular complexity index is 1530. The molecule has 0 aromatic heterocycles. The first-order valence-corrected chi connectivity index (χ1v) is 22.5. The lowest BCUT2D eigenvalue weighted by Crippen LogP contribution is -2.66. The molecule has 0 aromatic carbocycles. The number of methoxy groups -OCH3 is 1. The summed E-state index contributed by atoms with van der Waals surface area (Å²) >= 11 is 0. The SMILES string of the molecule is C=C(CCC(O)C1(C)CCC(C(C)(C)OC2OC(COC)C(O)C(O)C2NC(C)=O)O1)C1CCC2C3(C)CCC(C(C)(C)OC4OC(CO)C(O)C(O)C4O)OC3CCC12C. The Morgan fingerprint density at radius 2 is 1.39 bits per heavy atom. The zero-order chi connectivity index (χ0) is 45.0. The Hall–Kier alpha value is -1.35. The highest BCUT2D eigenvalue weighted by Crippen LogP contribution is 2.66. The van der Waals surface area contributed by atoms with Gasteiger partial charge in [0.05, 0.1) is 54.4 Å². The van der Waals surface area contributed by atoms with Gasteiger partial charge in [-0.2, -0.15) is 0 Å². The average molecular weight is 872 g/mol. The standard InChI is InChI=1S/C45H77NO15/c1-23(11-14-29(49)45(9)20-17-31(59-45)42(5,6)60-39-33(46-24(2)48)36(52)35(51)27(57-39)22-55-10)25-12-13-28-43(25,7)18-16-32-44(28,8)19-15-30(58-32)41(3,4)61-40-38(54)37(53)34(50)26(21-47)56-40/h25-40,47,49-54H,1,11-22H2,2-10H3,(H,46,48). The maximum Gasteiger partial charge on any atom is 0.217 e. The molecular formula is C45H77NO15. The van der Waals surface area contributed by atoms with Gasteiger partial charge in [0.2, 0.25) is 5.91 Å². The van der Waals surface area contributed by atoms with Crippen LogP contribution in [0, 0.1) is 22.7 Å². The lowest BCUT2D eigenvalue weighted by atomic mass is 9.51. The Morgan fingerprint density at radius 1 is 0.787 bits per heavy atom. The van der Waals surface area contributed by atoms with E-state index in [2.05, 4.69) is 25.7 Å². The minimum atomic E-state index is -1.52. The molecule has 6 rings (SSSR count). The topological polar surface area (TPSA) is 235 Å². The third-order valence-electron chi connectivity index (χ3n) is 16.0. The molecule has 4 heterocycles. The van der Waals surface area contributed by atoms with E-state index < -0.39 is 103 Å². The van der Waals surface area contributed by atoms with Crippen LogP contribution in [0.2, 0.25) is 0 Å². The zero-order valence-corrected chi connectivity index (χ0v) is 37.8. The van der Waals surface area contributed by atoms with Crippen LogP contribution in [-0.2, 0) is 38.0 Å². The number of rotatable bonds is 15. The molecule has 19 atom stereocenters. The van der Waals surface area contributed by atoms with Crippen LogP contribution in [0.1, 0.15) is 120 Å². The Kier molecular flexibility index (Phi) is 14.9. The molecule has 352 valence electrons. The summed E-state index contributed by atoms with van der Waals surface area (Å²) in [6.45, 7) is 19.6. The minimum absolute atomic E-state index is 0.000821. The van der Waals surface area contributed by atoms with Crippen LogP contribution >= 0.6 is 0 Å². The molecule has 16 nitrogen and oxygen atoms in total. The first-order chi connectivity index (χ1) is 28.4. The van der Waals surface area contributed by atoms with E-state index in [0.717, 1.165) is 44.1 Å². The number of hydrogen-bond donors (Lipinski definition) is 8. The number of hydrogen-bond acceptors (Lipinski definition) is 15. The summed E-state index contributed by atoms with van der Waals surface area (Å²) in [5, 5.41) is 76.9. The van der Waals surface area contributed by atoms with Gasteiger partial charge < -0.3 is 74.2 Å². The molecule has 61 heavy (non-hydrogen) atoms. The van der Waals surface area contributed by atoms with Gasteiger partial charge in [-0.25, -0.2) is 0 Å². The lowest BCUT2D eigenvalue weighted by Gasteiger charge is -2.59. The van der Waals surface area contributed by atoms with E-state index in [1.54, 1.807) is 0 Å². The van der Waals surface area contributed by atoms with Crippen LogP contribution in [0.5, 0.6) is 0 Å². The molecule has 6 aliphatic rings. The van der Waals surface area contributed by atoms with Crippen LogP contribution in [-0.4, -0.2) is 165 Å². The molecule has 2 saturated carbocycles. The van der Waals surface area contributed by atoms with Crippen LogP contribution in [0.15, 0.2) is 12.2 Å². The van der Waals surface area contributed by atoms with E-state index in [4.69, 9.17) is 33.2 Å². The van der Waals surface area contributed by atoms with Crippen molar-refractivity contribution in [2.24, 2.45) is 22.7 Å². The van der Waals surface area contributed by atoms with E-state index in [1.165, 1.54) is 14.0 Å². The Morgan fingerprint density at radius 3 is 2.05 bits per heavy atom. The molecular weight excluding hydrogens is 794 g/mol. The van der Waals surface area contributed by atoms with Gasteiger partial charge in [-0.1, -0.05) is 26.0 Å². The van der Waals surface area contributed by atoms with Gasteiger partial charge in [0.25, 0.3) is 0 Å². The summed E-state index contributed by atoms with van der Waals surface area (Å²) in [6, 6.07) is -1.03. The molecule has 16 heteroatoms. The van der Waals surface area contributed by atoms with Crippen LogP contribution < -0.4 is 5.32 Å². The Balaban J connectivity index is 1.03. The maximum atomic E-state index is 12.0. The van der Waals surface area contributed by atoms with E-state index in [9.17, 15) is 40.5 Å². The third kappa shape index (κ3) is 9.51. The van der Waals surface area contributed by atoms with Crippen molar-refractivity contribution in [3.8, 4) is 0 Å². The highest BCUT2D eigenvalue weighted by molar-refractivity contribution is 5.73. The zero-order valence-electron chi connectivity index (χ0n) is 37.8. The van der Waals surface area contributed by atoms with Crippen molar-refractivity contribution in [3.05, 3.63) is 12.2 Å². The summed E-state index contributed by atoms with van der Waals surface area (Å²) < 4.78 is 43.2. The van der Waals surface area contributed by atoms with E-state index in [-0.39, 0.29) is 29.6 Å². The number of amides is 1. The highest BCUT2D eigenvalue weighted by Gasteiger charge is 2.62. The molecule has 2 aliphatic carbocycles. The first-order valence-electron chi connectivity index (χ1n) is 22.5. The fourth-order valence-corrected chi connectivity index (χ4v) is 12.1. The number of nitrogens with one attached hydrogen (secondary N) is 1. The molecule has 0 spiro atoms. The normalized spacial score (nSPS) is 46.1. The summed E-state index contributed by atoms with van der Waals surface area (Å²) in [4.78, 5) is 12.0. The summed E-state index contributed by atoms with van der Waals surface area (Å²) in [5.41, 5.74) is -1.59.